The molecule has 1 saturated heterocycles. The minimum atomic E-state index is -0.378. The van der Waals surface area contributed by atoms with E-state index >= 15 is 0 Å². The van der Waals surface area contributed by atoms with Crippen molar-refractivity contribution in [2.45, 2.75) is 6.92 Å². The number of ketones is 1. The summed E-state index contributed by atoms with van der Waals surface area (Å²) in [5, 5.41) is 18.7. The third-order valence-corrected chi connectivity index (χ3v) is 5.90. The standard InChI is InChI=1S/C14H17NO4S/c1-8(18)11-2-3-12(20-11)13(19)15-4-9-10(5-15)14(9,6-16)7-17/h2-3,9-10,16-17H,4-7H2,1H3. The van der Waals surface area contributed by atoms with Crippen molar-refractivity contribution in [2.75, 3.05) is 26.3 Å². The van der Waals surface area contributed by atoms with Crippen LogP contribution < -0.4 is 0 Å². The van der Waals surface area contributed by atoms with Gasteiger partial charge >= 0.3 is 0 Å². The molecule has 2 unspecified atom stereocenters. The molecule has 1 amide bonds. The number of fused-ring (bicyclic) bond motifs is 1. The number of aliphatic hydroxyl groups excluding tert-OH is 2. The van der Waals surface area contributed by atoms with Crippen LogP contribution in [0.5, 0.6) is 0 Å². The van der Waals surface area contributed by atoms with Crippen molar-refractivity contribution in [3.05, 3.63) is 21.9 Å². The summed E-state index contributed by atoms with van der Waals surface area (Å²) >= 11 is 1.22. The number of thiophene rings is 1. The fourth-order valence-corrected chi connectivity index (χ4v) is 4.19. The Labute approximate surface area is 120 Å². The van der Waals surface area contributed by atoms with Gasteiger partial charge in [0.05, 0.1) is 23.0 Å². The molecule has 1 aliphatic carbocycles. The summed E-state index contributed by atoms with van der Waals surface area (Å²) in [5.41, 5.74) is -0.378. The number of hydrogen-bond acceptors (Lipinski definition) is 5. The summed E-state index contributed by atoms with van der Waals surface area (Å²) in [7, 11) is 0. The Hall–Kier alpha value is -1.24. The molecule has 6 heteroatoms. The van der Waals surface area contributed by atoms with Crippen molar-refractivity contribution in [1.82, 2.24) is 4.90 Å². The number of carbonyl (C=O) groups is 2. The van der Waals surface area contributed by atoms with Gasteiger partial charge in [0, 0.05) is 18.5 Å². The Morgan fingerprint density at radius 2 is 1.80 bits per heavy atom. The van der Waals surface area contributed by atoms with Crippen molar-refractivity contribution >= 4 is 23.0 Å². The summed E-state index contributed by atoms with van der Waals surface area (Å²) < 4.78 is 0. The Balaban J connectivity index is 1.68. The number of Topliss-reactive ketones (excluding diaryl/α,β-unsaturated/α-hetero) is 1. The minimum absolute atomic E-state index is 0.0195. The van der Waals surface area contributed by atoms with Crippen molar-refractivity contribution in [2.24, 2.45) is 17.3 Å². The maximum Gasteiger partial charge on any atom is 0.263 e. The average molecular weight is 295 g/mol. The van der Waals surface area contributed by atoms with E-state index in [1.807, 2.05) is 0 Å². The van der Waals surface area contributed by atoms with Crippen LogP contribution in [0.3, 0.4) is 0 Å². The first-order chi connectivity index (χ1) is 9.53. The minimum Gasteiger partial charge on any atom is -0.396 e. The third-order valence-electron chi connectivity index (χ3n) is 4.73. The van der Waals surface area contributed by atoms with Gasteiger partial charge in [-0.15, -0.1) is 11.3 Å². The number of likely N-dealkylation sites (tertiary alicyclic amines) is 1. The number of rotatable bonds is 4. The van der Waals surface area contributed by atoms with Crippen LogP contribution in [0.25, 0.3) is 0 Å². The molecule has 108 valence electrons. The van der Waals surface area contributed by atoms with Crippen LogP contribution in [-0.4, -0.2) is 53.1 Å². The first kappa shape index (κ1) is 13.7. The first-order valence-electron chi connectivity index (χ1n) is 6.65. The van der Waals surface area contributed by atoms with Gasteiger partial charge in [-0.1, -0.05) is 0 Å². The molecule has 2 heterocycles. The fourth-order valence-electron chi connectivity index (χ4n) is 3.32. The van der Waals surface area contributed by atoms with Crippen LogP contribution in [-0.2, 0) is 0 Å². The Morgan fingerprint density at radius 3 is 2.25 bits per heavy atom. The molecule has 2 aliphatic rings. The summed E-state index contributed by atoms with van der Waals surface area (Å²) in [6.45, 7) is 2.61. The summed E-state index contributed by atoms with van der Waals surface area (Å²) in [6.07, 6.45) is 0. The van der Waals surface area contributed by atoms with Crippen LogP contribution >= 0.6 is 11.3 Å². The Morgan fingerprint density at radius 1 is 1.25 bits per heavy atom. The number of carbonyl (C=O) groups excluding carboxylic acids is 2. The molecule has 20 heavy (non-hydrogen) atoms. The van der Waals surface area contributed by atoms with Gasteiger partial charge in [-0.05, 0) is 30.9 Å². The number of nitrogens with zero attached hydrogens (tertiary/aromatic N) is 1. The number of piperidine rings is 1. The second-order valence-corrected chi connectivity index (χ2v) is 6.78. The molecule has 2 fully saturated rings. The van der Waals surface area contributed by atoms with E-state index in [9.17, 15) is 19.8 Å². The smallest absolute Gasteiger partial charge is 0.263 e. The SMILES string of the molecule is CC(=O)c1ccc(C(=O)N2CC3C(C2)C3(CO)CO)s1. The first-order valence-corrected chi connectivity index (χ1v) is 7.47. The molecule has 1 aromatic rings. The highest BCUT2D eigenvalue weighted by atomic mass is 32.1. The third kappa shape index (κ3) is 1.82. The predicted molar refractivity (Wildman–Crippen MR) is 73.8 cm³/mol. The van der Waals surface area contributed by atoms with E-state index in [0.717, 1.165) is 0 Å². The van der Waals surface area contributed by atoms with Gasteiger partial charge in [-0.25, -0.2) is 0 Å². The van der Waals surface area contributed by atoms with E-state index in [-0.39, 0.29) is 42.2 Å². The molecule has 1 saturated carbocycles. The van der Waals surface area contributed by atoms with Crippen LogP contribution in [0, 0.1) is 17.3 Å². The van der Waals surface area contributed by atoms with Crippen LogP contribution in [0.4, 0.5) is 0 Å². The van der Waals surface area contributed by atoms with E-state index in [0.29, 0.717) is 22.8 Å². The quantitative estimate of drug-likeness (QED) is 0.798. The summed E-state index contributed by atoms with van der Waals surface area (Å²) in [4.78, 5) is 26.5. The lowest BCUT2D eigenvalue weighted by molar-refractivity contribution is 0.0641. The highest BCUT2D eigenvalue weighted by molar-refractivity contribution is 7.15. The van der Waals surface area contributed by atoms with Gasteiger partial charge in [0.25, 0.3) is 5.91 Å². The van der Waals surface area contributed by atoms with Crippen molar-refractivity contribution in [3.8, 4) is 0 Å². The van der Waals surface area contributed by atoms with Crippen molar-refractivity contribution in [1.29, 1.82) is 0 Å². The molecule has 0 aromatic carbocycles. The molecule has 3 rings (SSSR count). The largest absolute Gasteiger partial charge is 0.396 e. The molecule has 1 aliphatic heterocycles. The monoisotopic (exact) mass is 295 g/mol. The lowest BCUT2D eigenvalue weighted by Crippen LogP contribution is -2.35. The molecular weight excluding hydrogens is 278 g/mol. The molecule has 0 radical (unpaired) electrons. The zero-order chi connectivity index (χ0) is 14.5. The van der Waals surface area contributed by atoms with Crippen LogP contribution in [0.1, 0.15) is 26.3 Å². The molecular formula is C14H17NO4S. The Kier molecular flexibility index (Phi) is 3.19. The van der Waals surface area contributed by atoms with Crippen LogP contribution in [0.2, 0.25) is 0 Å². The van der Waals surface area contributed by atoms with Gasteiger partial charge in [-0.2, -0.15) is 0 Å². The predicted octanol–water partition coefficient (Wildman–Crippen LogP) is 0.624. The zero-order valence-corrected chi connectivity index (χ0v) is 12.0. The molecule has 2 atom stereocenters. The number of amides is 1. The molecule has 2 N–H and O–H groups in total. The van der Waals surface area contributed by atoms with Crippen molar-refractivity contribution in [3.63, 3.8) is 0 Å². The lowest BCUT2D eigenvalue weighted by Gasteiger charge is -2.23. The molecule has 0 bridgehead atoms. The number of aliphatic hydroxyl groups is 2. The second-order valence-electron chi connectivity index (χ2n) is 5.69. The van der Waals surface area contributed by atoms with E-state index < -0.39 is 0 Å². The highest BCUT2D eigenvalue weighted by Crippen LogP contribution is 2.62. The normalized spacial score (nSPS) is 26.4. The topological polar surface area (TPSA) is 77.8 Å². The second kappa shape index (κ2) is 4.65. The van der Waals surface area contributed by atoms with E-state index in [1.54, 1.807) is 17.0 Å². The summed E-state index contributed by atoms with van der Waals surface area (Å²) in [6, 6.07) is 3.38. The van der Waals surface area contributed by atoms with E-state index in [4.69, 9.17) is 0 Å². The number of hydrogen-bond donors (Lipinski definition) is 2. The maximum absolute atomic E-state index is 12.3. The van der Waals surface area contributed by atoms with Gasteiger partial charge in [0.2, 0.25) is 0 Å². The highest BCUT2D eigenvalue weighted by Gasteiger charge is 2.68. The van der Waals surface area contributed by atoms with Gasteiger partial charge in [-0.3, -0.25) is 9.59 Å². The van der Waals surface area contributed by atoms with Crippen molar-refractivity contribution < 1.29 is 19.8 Å². The van der Waals surface area contributed by atoms with E-state index in [2.05, 4.69) is 0 Å². The van der Waals surface area contributed by atoms with E-state index in [1.165, 1.54) is 18.3 Å². The van der Waals surface area contributed by atoms with Gasteiger partial charge < -0.3 is 15.1 Å². The van der Waals surface area contributed by atoms with Gasteiger partial charge in [0.1, 0.15) is 0 Å². The van der Waals surface area contributed by atoms with Crippen LogP contribution in [0.15, 0.2) is 12.1 Å². The fraction of sp³-hybridized carbons (Fsp3) is 0.571. The lowest BCUT2D eigenvalue weighted by atomic mass is 10.0. The van der Waals surface area contributed by atoms with Gasteiger partial charge in [0.15, 0.2) is 5.78 Å². The molecule has 1 aromatic heterocycles. The summed E-state index contributed by atoms with van der Waals surface area (Å²) in [5.74, 6) is 0.319. The molecule has 0 spiro atoms. The molecule has 5 nitrogen and oxygen atoms in total. The average Bonchev–Trinajstić information content (AvgIpc) is 2.88. The Bertz CT molecular complexity index is 549. The maximum atomic E-state index is 12.3. The zero-order valence-electron chi connectivity index (χ0n) is 11.2.